The van der Waals surface area contributed by atoms with Crippen LogP contribution in [0.1, 0.15) is 12.8 Å². The molecule has 1 saturated heterocycles. The maximum atomic E-state index is 12.2. The fourth-order valence-electron chi connectivity index (χ4n) is 2.43. The van der Waals surface area contributed by atoms with Gasteiger partial charge in [0.25, 0.3) is 0 Å². The van der Waals surface area contributed by atoms with E-state index in [-0.39, 0.29) is 12.1 Å². The van der Waals surface area contributed by atoms with Crippen molar-refractivity contribution >= 4 is 23.3 Å². The van der Waals surface area contributed by atoms with E-state index in [2.05, 4.69) is 15.5 Å². The Kier molecular flexibility index (Phi) is 4.92. The molecule has 0 unspecified atom stereocenters. The van der Waals surface area contributed by atoms with Crippen molar-refractivity contribution in [1.29, 1.82) is 0 Å². The predicted octanol–water partition coefficient (Wildman–Crippen LogP) is 3.21. The van der Waals surface area contributed by atoms with Crippen LogP contribution in [0.5, 0.6) is 5.88 Å². The van der Waals surface area contributed by atoms with Crippen molar-refractivity contribution in [3.63, 3.8) is 0 Å². The number of carbonyl (C=O) groups excluding carboxylic acids is 1. The van der Waals surface area contributed by atoms with Crippen molar-refractivity contribution in [2.75, 3.05) is 18.4 Å². The summed E-state index contributed by atoms with van der Waals surface area (Å²) in [6, 6.07) is 10.5. The van der Waals surface area contributed by atoms with Gasteiger partial charge in [0.15, 0.2) is 0 Å². The number of amides is 2. The Hall–Kier alpha value is -2.34. The molecule has 1 aromatic carbocycles. The molecule has 2 amide bonds. The Morgan fingerprint density at radius 3 is 2.61 bits per heavy atom. The molecular formula is C16H17ClN4O2. The number of benzene rings is 1. The Bertz CT molecular complexity index is 643. The summed E-state index contributed by atoms with van der Waals surface area (Å²) in [7, 11) is 0. The maximum Gasteiger partial charge on any atom is 0.321 e. The van der Waals surface area contributed by atoms with Gasteiger partial charge in [-0.2, -0.15) is 5.10 Å². The van der Waals surface area contributed by atoms with Crippen LogP contribution in [0.4, 0.5) is 10.5 Å². The monoisotopic (exact) mass is 332 g/mol. The van der Waals surface area contributed by atoms with Crippen LogP contribution in [0.25, 0.3) is 0 Å². The Balaban J connectivity index is 1.48. The summed E-state index contributed by atoms with van der Waals surface area (Å²) >= 11 is 5.83. The average Bonchev–Trinajstić information content (AvgIpc) is 2.58. The van der Waals surface area contributed by atoms with Crippen molar-refractivity contribution in [3.8, 4) is 5.88 Å². The van der Waals surface area contributed by atoms with Gasteiger partial charge >= 0.3 is 6.03 Å². The van der Waals surface area contributed by atoms with Crippen LogP contribution >= 0.6 is 11.6 Å². The van der Waals surface area contributed by atoms with Gasteiger partial charge in [-0.25, -0.2) is 4.79 Å². The largest absolute Gasteiger partial charge is 0.473 e. The fraction of sp³-hybridized carbons (Fsp3) is 0.312. The standard InChI is InChI=1S/C16H17ClN4O2/c17-12-3-5-13(6-4-12)19-16(22)21-10-7-14(8-11-21)23-15-2-1-9-18-20-15/h1-6,9,14H,7-8,10-11H2,(H,19,22). The molecule has 0 radical (unpaired) electrons. The number of rotatable bonds is 3. The van der Waals surface area contributed by atoms with Crippen molar-refractivity contribution in [2.45, 2.75) is 18.9 Å². The number of aromatic nitrogens is 2. The number of ether oxygens (including phenoxy) is 1. The molecule has 0 bridgehead atoms. The number of nitrogens with zero attached hydrogens (tertiary/aromatic N) is 3. The third-order valence-corrected chi connectivity index (χ3v) is 3.91. The summed E-state index contributed by atoms with van der Waals surface area (Å²) in [6.07, 6.45) is 3.21. The van der Waals surface area contributed by atoms with Crippen LogP contribution in [0.2, 0.25) is 5.02 Å². The zero-order chi connectivity index (χ0) is 16.1. The maximum absolute atomic E-state index is 12.2. The molecule has 1 aliphatic heterocycles. The third-order valence-electron chi connectivity index (χ3n) is 3.66. The predicted molar refractivity (Wildman–Crippen MR) is 87.7 cm³/mol. The number of carbonyl (C=O) groups is 1. The van der Waals surface area contributed by atoms with Crippen molar-refractivity contribution in [3.05, 3.63) is 47.6 Å². The molecule has 2 aromatic rings. The molecule has 7 heteroatoms. The highest BCUT2D eigenvalue weighted by Gasteiger charge is 2.24. The molecule has 6 nitrogen and oxygen atoms in total. The molecule has 23 heavy (non-hydrogen) atoms. The SMILES string of the molecule is O=C(Nc1ccc(Cl)cc1)N1CCC(Oc2cccnn2)CC1. The van der Waals surface area contributed by atoms with E-state index < -0.39 is 0 Å². The smallest absolute Gasteiger partial charge is 0.321 e. The van der Waals surface area contributed by atoms with Gasteiger partial charge < -0.3 is 15.0 Å². The van der Waals surface area contributed by atoms with E-state index in [4.69, 9.17) is 16.3 Å². The van der Waals surface area contributed by atoms with E-state index >= 15 is 0 Å². The van der Waals surface area contributed by atoms with E-state index in [9.17, 15) is 4.79 Å². The second-order valence-electron chi connectivity index (χ2n) is 5.30. The number of likely N-dealkylation sites (tertiary alicyclic amines) is 1. The molecule has 0 spiro atoms. The summed E-state index contributed by atoms with van der Waals surface area (Å²) in [5.74, 6) is 0.525. The molecule has 0 aliphatic carbocycles. The van der Waals surface area contributed by atoms with Crippen LogP contribution in [0, 0.1) is 0 Å². The zero-order valence-corrected chi connectivity index (χ0v) is 13.2. The molecule has 120 valence electrons. The van der Waals surface area contributed by atoms with Gasteiger partial charge in [0, 0.05) is 48.9 Å². The molecular weight excluding hydrogens is 316 g/mol. The van der Waals surface area contributed by atoms with Crippen LogP contribution in [-0.2, 0) is 0 Å². The van der Waals surface area contributed by atoms with E-state index in [1.807, 2.05) is 0 Å². The van der Waals surface area contributed by atoms with Gasteiger partial charge in [0.05, 0.1) is 0 Å². The van der Waals surface area contributed by atoms with Crippen LogP contribution in [0.3, 0.4) is 0 Å². The number of anilines is 1. The van der Waals surface area contributed by atoms with Crippen molar-refractivity contribution in [2.24, 2.45) is 0 Å². The van der Waals surface area contributed by atoms with Crippen LogP contribution in [0.15, 0.2) is 42.6 Å². The van der Waals surface area contributed by atoms with Gasteiger partial charge in [-0.05, 0) is 30.3 Å². The summed E-state index contributed by atoms with van der Waals surface area (Å²) in [5, 5.41) is 11.2. The minimum atomic E-state index is -0.106. The second-order valence-corrected chi connectivity index (χ2v) is 5.74. The fourth-order valence-corrected chi connectivity index (χ4v) is 2.56. The number of halogens is 1. The van der Waals surface area contributed by atoms with Crippen molar-refractivity contribution < 1.29 is 9.53 Å². The number of urea groups is 1. The molecule has 3 rings (SSSR count). The van der Waals surface area contributed by atoms with Gasteiger partial charge in [-0.1, -0.05) is 11.6 Å². The van der Waals surface area contributed by atoms with Crippen LogP contribution in [-0.4, -0.2) is 40.3 Å². The van der Waals surface area contributed by atoms with E-state index in [0.29, 0.717) is 24.0 Å². The lowest BCUT2D eigenvalue weighted by Crippen LogP contribution is -2.43. The molecule has 1 aliphatic rings. The van der Waals surface area contributed by atoms with Gasteiger partial charge in [-0.15, -0.1) is 5.10 Å². The lowest BCUT2D eigenvalue weighted by molar-refractivity contribution is 0.110. The first-order valence-corrected chi connectivity index (χ1v) is 7.84. The summed E-state index contributed by atoms with van der Waals surface area (Å²) in [4.78, 5) is 14.0. The Labute approximate surface area is 139 Å². The van der Waals surface area contributed by atoms with Crippen LogP contribution < -0.4 is 10.1 Å². The zero-order valence-electron chi connectivity index (χ0n) is 12.5. The Morgan fingerprint density at radius 1 is 1.22 bits per heavy atom. The van der Waals surface area contributed by atoms with Gasteiger partial charge in [-0.3, -0.25) is 0 Å². The highest BCUT2D eigenvalue weighted by Crippen LogP contribution is 2.18. The number of nitrogens with one attached hydrogen (secondary N) is 1. The third kappa shape index (κ3) is 4.32. The average molecular weight is 333 g/mol. The number of hydrogen-bond donors (Lipinski definition) is 1. The molecule has 1 N–H and O–H groups in total. The van der Waals surface area contributed by atoms with E-state index in [1.165, 1.54) is 0 Å². The molecule has 1 fully saturated rings. The highest BCUT2D eigenvalue weighted by molar-refractivity contribution is 6.30. The second kappa shape index (κ2) is 7.28. The quantitative estimate of drug-likeness (QED) is 0.937. The minimum absolute atomic E-state index is 0.0614. The highest BCUT2D eigenvalue weighted by atomic mass is 35.5. The van der Waals surface area contributed by atoms with E-state index in [1.54, 1.807) is 47.5 Å². The lowest BCUT2D eigenvalue weighted by Gasteiger charge is -2.31. The molecule has 1 aromatic heterocycles. The number of piperidine rings is 1. The summed E-state index contributed by atoms with van der Waals surface area (Å²) < 4.78 is 5.77. The first-order valence-electron chi connectivity index (χ1n) is 7.46. The lowest BCUT2D eigenvalue weighted by atomic mass is 10.1. The summed E-state index contributed by atoms with van der Waals surface area (Å²) in [6.45, 7) is 1.29. The first-order chi connectivity index (χ1) is 11.2. The Morgan fingerprint density at radius 2 is 1.96 bits per heavy atom. The first kappa shape index (κ1) is 15.6. The van der Waals surface area contributed by atoms with Gasteiger partial charge in [0.1, 0.15) is 6.10 Å². The number of hydrogen-bond acceptors (Lipinski definition) is 4. The minimum Gasteiger partial charge on any atom is -0.473 e. The molecule has 2 heterocycles. The topological polar surface area (TPSA) is 67.4 Å². The van der Waals surface area contributed by atoms with Gasteiger partial charge in [0.2, 0.25) is 5.88 Å². The molecule has 0 saturated carbocycles. The summed E-state index contributed by atoms with van der Waals surface area (Å²) in [5.41, 5.74) is 0.734. The molecule has 0 atom stereocenters. The van der Waals surface area contributed by atoms with E-state index in [0.717, 1.165) is 18.5 Å². The normalized spacial score (nSPS) is 15.3. The van der Waals surface area contributed by atoms with Crippen molar-refractivity contribution in [1.82, 2.24) is 15.1 Å².